The van der Waals surface area contributed by atoms with Crippen LogP contribution in [0.2, 0.25) is 0 Å². The molecule has 2 aliphatic heterocycles. The Labute approximate surface area is 178 Å². The lowest BCUT2D eigenvalue weighted by atomic mass is 9.99. The molecular weight excluding hydrogens is 378 g/mol. The van der Waals surface area contributed by atoms with Crippen LogP contribution in [0.5, 0.6) is 0 Å². The topological polar surface area (TPSA) is 59.8 Å². The molecule has 3 heterocycles. The van der Waals surface area contributed by atoms with Crippen molar-refractivity contribution >= 4 is 16.6 Å². The Balaban J connectivity index is 1.73. The first-order valence-electron chi connectivity index (χ1n) is 10.9. The van der Waals surface area contributed by atoms with Crippen LogP contribution in [0.3, 0.4) is 0 Å². The molecule has 0 saturated carbocycles. The van der Waals surface area contributed by atoms with Crippen LogP contribution in [0.4, 0.5) is 0 Å². The molecule has 2 aliphatic rings. The van der Waals surface area contributed by atoms with Crippen LogP contribution in [0, 0.1) is 0 Å². The van der Waals surface area contributed by atoms with Crippen molar-refractivity contribution in [1.29, 1.82) is 0 Å². The first kappa shape index (κ1) is 21.1. The third-order valence-electron chi connectivity index (χ3n) is 5.98. The lowest BCUT2D eigenvalue weighted by molar-refractivity contribution is 0.0697. The number of imidazole rings is 1. The number of hydrogen-bond donors (Lipinski definition) is 1. The fourth-order valence-electron chi connectivity index (χ4n) is 4.33. The van der Waals surface area contributed by atoms with Crippen LogP contribution in [-0.2, 0) is 16.0 Å². The Morgan fingerprint density at radius 2 is 2.03 bits per heavy atom. The van der Waals surface area contributed by atoms with Crippen LogP contribution in [0.1, 0.15) is 50.9 Å². The Hall–Kier alpha value is -2.15. The van der Waals surface area contributed by atoms with Gasteiger partial charge in [-0.2, -0.15) is 0 Å². The maximum absolute atomic E-state index is 10.2. The van der Waals surface area contributed by atoms with Gasteiger partial charge >= 0.3 is 0 Å². The van der Waals surface area contributed by atoms with E-state index in [4.69, 9.17) is 14.5 Å². The summed E-state index contributed by atoms with van der Waals surface area (Å²) in [5.74, 6) is 1.57. The van der Waals surface area contributed by atoms with Crippen molar-refractivity contribution in [2.24, 2.45) is 0 Å². The number of aromatic nitrogens is 2. The average Bonchev–Trinajstić information content (AvgIpc) is 3.10. The molecule has 2 aromatic rings. The monoisotopic (exact) mass is 411 g/mol. The number of allylic oxidation sites excluding steroid dienone is 2. The molecule has 0 aliphatic carbocycles. The lowest BCUT2D eigenvalue weighted by Gasteiger charge is -2.28. The number of hydrogen-bond acceptors (Lipinski definition) is 5. The van der Waals surface area contributed by atoms with Gasteiger partial charge in [0.15, 0.2) is 0 Å². The molecule has 1 saturated heterocycles. The average molecular weight is 412 g/mol. The van der Waals surface area contributed by atoms with Crippen molar-refractivity contribution in [2.45, 2.75) is 58.4 Å². The molecule has 0 bridgehead atoms. The summed E-state index contributed by atoms with van der Waals surface area (Å²) in [6, 6.07) is 6.46. The number of fused-ring (bicyclic) bond motifs is 1. The molecule has 0 amide bonds. The number of ether oxygens (including phenoxy) is 2. The van der Waals surface area contributed by atoms with Gasteiger partial charge in [-0.1, -0.05) is 6.07 Å². The van der Waals surface area contributed by atoms with E-state index in [0.29, 0.717) is 12.5 Å². The van der Waals surface area contributed by atoms with Crippen molar-refractivity contribution in [1.82, 2.24) is 14.5 Å². The zero-order chi connectivity index (χ0) is 21.3. The minimum atomic E-state index is -0.559. The summed E-state index contributed by atoms with van der Waals surface area (Å²) in [5.41, 5.74) is 5.33. The molecule has 0 radical (unpaired) electrons. The van der Waals surface area contributed by atoms with Crippen LogP contribution >= 0.6 is 0 Å². The Kier molecular flexibility index (Phi) is 6.27. The van der Waals surface area contributed by atoms with E-state index >= 15 is 0 Å². The third kappa shape index (κ3) is 4.31. The Bertz CT molecular complexity index is 954. The second-order valence-corrected chi connectivity index (χ2v) is 8.64. The fourth-order valence-corrected chi connectivity index (χ4v) is 4.33. The maximum Gasteiger partial charge on any atom is 0.148 e. The van der Waals surface area contributed by atoms with Gasteiger partial charge < -0.3 is 24.0 Å². The van der Waals surface area contributed by atoms with Gasteiger partial charge in [-0.15, -0.1) is 0 Å². The minimum Gasteiger partial charge on any atom is -0.381 e. The van der Waals surface area contributed by atoms with Crippen molar-refractivity contribution in [3.05, 3.63) is 47.4 Å². The first-order chi connectivity index (χ1) is 14.4. The van der Waals surface area contributed by atoms with E-state index in [1.807, 2.05) is 25.1 Å². The molecule has 1 unspecified atom stereocenters. The molecule has 1 fully saturated rings. The normalized spacial score (nSPS) is 20.7. The van der Waals surface area contributed by atoms with Crippen LogP contribution < -0.4 is 0 Å². The molecule has 1 aromatic heterocycles. The molecule has 30 heavy (non-hydrogen) atoms. The van der Waals surface area contributed by atoms with Crippen LogP contribution in [0.25, 0.3) is 16.6 Å². The summed E-state index contributed by atoms with van der Waals surface area (Å²) in [6.45, 7) is 9.15. The van der Waals surface area contributed by atoms with Gasteiger partial charge in [0.2, 0.25) is 0 Å². The number of likely N-dealkylation sites (N-methyl/N-ethyl adjacent to an activating group) is 1. The van der Waals surface area contributed by atoms with Gasteiger partial charge in [-0.05, 0) is 68.5 Å². The predicted octanol–water partition coefficient (Wildman–Crippen LogP) is 3.91. The summed E-state index contributed by atoms with van der Waals surface area (Å²) in [6.07, 6.45) is 5.74. The fraction of sp³-hybridized carbons (Fsp3) is 0.542. The molecule has 0 spiro atoms. The molecule has 6 nitrogen and oxygen atoms in total. The van der Waals surface area contributed by atoms with Crippen LogP contribution in [-0.4, -0.2) is 58.8 Å². The highest BCUT2D eigenvalue weighted by Crippen LogP contribution is 2.32. The smallest absolute Gasteiger partial charge is 0.148 e. The molecule has 1 atom stereocenters. The molecule has 1 N–H and O–H groups in total. The highest BCUT2D eigenvalue weighted by molar-refractivity contribution is 5.84. The van der Waals surface area contributed by atoms with Gasteiger partial charge in [0.05, 0.1) is 23.7 Å². The number of aliphatic hydroxyl groups excluding tert-OH is 1. The maximum atomic E-state index is 10.2. The van der Waals surface area contributed by atoms with E-state index in [1.54, 1.807) is 0 Å². The van der Waals surface area contributed by atoms with E-state index in [0.717, 1.165) is 66.2 Å². The molecular formula is C24H33N3O3. The quantitative estimate of drug-likeness (QED) is 0.781. The number of aliphatic hydroxyl groups is 1. The standard InChI is InChI=1S/C24H33N3O3/c1-16(2)30-12-9-27-22-14-19(20-13-17(3)24(28)26(4)15-20)5-6-21(22)25-23(27)18-7-10-29-11-8-18/h5-6,13-16,18,24,28H,7-12H2,1-4H3. The van der Waals surface area contributed by atoms with Crippen molar-refractivity contribution < 1.29 is 14.6 Å². The highest BCUT2D eigenvalue weighted by atomic mass is 16.5. The summed E-state index contributed by atoms with van der Waals surface area (Å²) in [4.78, 5) is 6.87. The highest BCUT2D eigenvalue weighted by Gasteiger charge is 2.24. The SMILES string of the molecule is CC1=CC(c2ccc3nc(C4CCOCC4)n(CCOC(C)C)c3c2)=CN(C)C1O. The zero-order valence-electron chi connectivity index (χ0n) is 18.5. The summed E-state index contributed by atoms with van der Waals surface area (Å²) in [5, 5.41) is 10.2. The lowest BCUT2D eigenvalue weighted by Crippen LogP contribution is -2.30. The molecule has 1 aromatic carbocycles. The second kappa shape index (κ2) is 8.92. The summed E-state index contributed by atoms with van der Waals surface area (Å²) >= 11 is 0. The van der Waals surface area contributed by atoms with E-state index in [1.165, 1.54) is 0 Å². The van der Waals surface area contributed by atoms with E-state index < -0.39 is 6.23 Å². The van der Waals surface area contributed by atoms with Gasteiger partial charge in [0, 0.05) is 38.9 Å². The molecule has 162 valence electrons. The largest absolute Gasteiger partial charge is 0.381 e. The molecule has 4 rings (SSSR count). The second-order valence-electron chi connectivity index (χ2n) is 8.64. The van der Waals surface area contributed by atoms with Gasteiger partial charge in [-0.3, -0.25) is 0 Å². The summed E-state index contributed by atoms with van der Waals surface area (Å²) in [7, 11) is 1.90. The van der Waals surface area contributed by atoms with Crippen LogP contribution in [0.15, 0.2) is 36.0 Å². The van der Waals surface area contributed by atoms with E-state index in [2.05, 4.69) is 42.7 Å². The van der Waals surface area contributed by atoms with Crippen molar-refractivity contribution in [2.75, 3.05) is 26.9 Å². The number of benzene rings is 1. The number of nitrogens with zero attached hydrogens (tertiary/aromatic N) is 3. The Morgan fingerprint density at radius 3 is 2.73 bits per heavy atom. The first-order valence-corrected chi connectivity index (χ1v) is 10.9. The van der Waals surface area contributed by atoms with Crippen molar-refractivity contribution in [3.63, 3.8) is 0 Å². The van der Waals surface area contributed by atoms with E-state index in [-0.39, 0.29) is 6.10 Å². The predicted molar refractivity (Wildman–Crippen MR) is 119 cm³/mol. The van der Waals surface area contributed by atoms with Gasteiger partial charge in [0.25, 0.3) is 0 Å². The summed E-state index contributed by atoms with van der Waals surface area (Å²) < 4.78 is 13.8. The minimum absolute atomic E-state index is 0.212. The Morgan fingerprint density at radius 1 is 1.27 bits per heavy atom. The zero-order valence-corrected chi connectivity index (χ0v) is 18.5. The van der Waals surface area contributed by atoms with Crippen molar-refractivity contribution in [3.8, 4) is 0 Å². The molecule has 6 heteroatoms. The van der Waals surface area contributed by atoms with Gasteiger partial charge in [-0.25, -0.2) is 4.98 Å². The third-order valence-corrected chi connectivity index (χ3v) is 5.98. The number of rotatable bonds is 6. The van der Waals surface area contributed by atoms with E-state index in [9.17, 15) is 5.11 Å². The van der Waals surface area contributed by atoms with Gasteiger partial charge in [0.1, 0.15) is 12.1 Å².